The van der Waals surface area contributed by atoms with Crippen molar-refractivity contribution < 1.29 is 4.79 Å². The number of hydrogen-bond acceptors (Lipinski definition) is 1. The van der Waals surface area contributed by atoms with Gasteiger partial charge < -0.3 is 0 Å². The summed E-state index contributed by atoms with van der Waals surface area (Å²) in [5, 5.41) is 0. The highest BCUT2D eigenvalue weighted by Crippen LogP contribution is 2.66. The van der Waals surface area contributed by atoms with Gasteiger partial charge in [-0.2, -0.15) is 0 Å². The maximum atomic E-state index is 11.9. The summed E-state index contributed by atoms with van der Waals surface area (Å²) in [4.78, 5) is 11.9. The second kappa shape index (κ2) is 3.43. The van der Waals surface area contributed by atoms with Crippen LogP contribution in [0.25, 0.3) is 0 Å². The van der Waals surface area contributed by atoms with Crippen LogP contribution in [0.15, 0.2) is 0 Å². The SMILES string of the molecule is CCCC(=O)C1(CCC)CC1(C)C. The van der Waals surface area contributed by atoms with Gasteiger partial charge in [0.25, 0.3) is 0 Å². The topological polar surface area (TPSA) is 17.1 Å². The molecule has 0 bridgehead atoms. The fourth-order valence-corrected chi connectivity index (χ4v) is 2.65. The van der Waals surface area contributed by atoms with Crippen LogP contribution in [0.2, 0.25) is 0 Å². The first-order valence-corrected chi connectivity index (χ1v) is 5.53. The predicted octanol–water partition coefficient (Wildman–Crippen LogP) is 3.57. The summed E-state index contributed by atoms with van der Waals surface area (Å²) in [6.45, 7) is 8.73. The molecule has 1 atom stereocenters. The van der Waals surface area contributed by atoms with Crippen LogP contribution < -0.4 is 0 Å². The van der Waals surface area contributed by atoms with E-state index in [0.717, 1.165) is 32.1 Å². The normalized spacial score (nSPS) is 30.2. The van der Waals surface area contributed by atoms with Crippen molar-refractivity contribution in [2.45, 2.75) is 59.8 Å². The molecule has 1 aliphatic carbocycles. The summed E-state index contributed by atoms with van der Waals surface area (Å²) in [5.74, 6) is 0.516. The van der Waals surface area contributed by atoms with Gasteiger partial charge in [0.05, 0.1) is 0 Å². The lowest BCUT2D eigenvalue weighted by atomic mass is 9.85. The highest BCUT2D eigenvalue weighted by atomic mass is 16.1. The van der Waals surface area contributed by atoms with Gasteiger partial charge in [-0.15, -0.1) is 0 Å². The van der Waals surface area contributed by atoms with E-state index < -0.39 is 0 Å². The van der Waals surface area contributed by atoms with Crippen molar-refractivity contribution in [1.82, 2.24) is 0 Å². The number of ketones is 1. The third-order valence-corrected chi connectivity index (χ3v) is 3.60. The molecule has 1 saturated carbocycles. The molecule has 1 nitrogen and oxygen atoms in total. The number of carbonyl (C=O) groups is 1. The summed E-state index contributed by atoms with van der Waals surface area (Å²) in [6, 6.07) is 0. The smallest absolute Gasteiger partial charge is 0.139 e. The Bertz CT molecular complexity index is 205. The third-order valence-electron chi connectivity index (χ3n) is 3.60. The largest absolute Gasteiger partial charge is 0.299 e. The van der Waals surface area contributed by atoms with E-state index in [1.807, 2.05) is 0 Å². The van der Waals surface area contributed by atoms with Gasteiger partial charge in [0.15, 0.2) is 0 Å². The van der Waals surface area contributed by atoms with Crippen LogP contribution in [-0.4, -0.2) is 5.78 Å². The summed E-state index contributed by atoms with van der Waals surface area (Å²) < 4.78 is 0. The fourth-order valence-electron chi connectivity index (χ4n) is 2.65. The molecule has 1 rings (SSSR count). The summed E-state index contributed by atoms with van der Waals surface area (Å²) in [6.07, 6.45) is 5.13. The van der Waals surface area contributed by atoms with E-state index in [4.69, 9.17) is 0 Å². The Balaban J connectivity index is 2.66. The van der Waals surface area contributed by atoms with Gasteiger partial charge in [-0.1, -0.05) is 34.1 Å². The van der Waals surface area contributed by atoms with Crippen LogP contribution >= 0.6 is 0 Å². The molecule has 0 saturated heterocycles. The first-order chi connectivity index (χ1) is 6.00. The fraction of sp³-hybridized carbons (Fsp3) is 0.917. The average Bonchev–Trinajstić information content (AvgIpc) is 2.56. The summed E-state index contributed by atoms with van der Waals surface area (Å²) in [5.41, 5.74) is 0.354. The van der Waals surface area contributed by atoms with Crippen molar-refractivity contribution >= 4 is 5.78 Å². The average molecular weight is 182 g/mol. The van der Waals surface area contributed by atoms with Crippen molar-refractivity contribution in [3.63, 3.8) is 0 Å². The molecule has 1 unspecified atom stereocenters. The van der Waals surface area contributed by atoms with Gasteiger partial charge in [0, 0.05) is 11.8 Å². The maximum Gasteiger partial charge on any atom is 0.139 e. The van der Waals surface area contributed by atoms with Gasteiger partial charge in [-0.05, 0) is 24.7 Å². The van der Waals surface area contributed by atoms with Crippen molar-refractivity contribution in [3.8, 4) is 0 Å². The molecule has 0 aliphatic heterocycles. The van der Waals surface area contributed by atoms with Crippen LogP contribution in [0.5, 0.6) is 0 Å². The Labute approximate surface area is 81.9 Å². The molecule has 0 aromatic heterocycles. The van der Waals surface area contributed by atoms with E-state index in [0.29, 0.717) is 5.78 Å². The lowest BCUT2D eigenvalue weighted by molar-refractivity contribution is -0.125. The number of Topliss-reactive ketones (excluding diaryl/α,β-unsaturated/α-hetero) is 1. The molecule has 0 aromatic rings. The zero-order chi connectivity index (χ0) is 10.1. The first-order valence-electron chi connectivity index (χ1n) is 5.53. The highest BCUT2D eigenvalue weighted by molar-refractivity contribution is 5.88. The van der Waals surface area contributed by atoms with Gasteiger partial charge in [-0.3, -0.25) is 4.79 Å². The van der Waals surface area contributed by atoms with Crippen LogP contribution in [0, 0.1) is 10.8 Å². The molecule has 13 heavy (non-hydrogen) atoms. The van der Waals surface area contributed by atoms with Gasteiger partial charge in [-0.25, -0.2) is 0 Å². The lowest BCUT2D eigenvalue weighted by Crippen LogP contribution is -2.20. The van der Waals surface area contributed by atoms with Gasteiger partial charge >= 0.3 is 0 Å². The van der Waals surface area contributed by atoms with E-state index in [9.17, 15) is 4.79 Å². The number of carbonyl (C=O) groups excluding carboxylic acids is 1. The zero-order valence-corrected chi connectivity index (χ0v) is 9.44. The monoisotopic (exact) mass is 182 g/mol. The van der Waals surface area contributed by atoms with Gasteiger partial charge in [0.2, 0.25) is 0 Å². The predicted molar refractivity (Wildman–Crippen MR) is 55.7 cm³/mol. The molecule has 0 N–H and O–H groups in total. The Morgan fingerprint density at radius 1 is 1.23 bits per heavy atom. The first kappa shape index (κ1) is 10.7. The second-order valence-electron chi connectivity index (χ2n) is 5.07. The quantitative estimate of drug-likeness (QED) is 0.635. The zero-order valence-electron chi connectivity index (χ0n) is 9.44. The minimum absolute atomic E-state index is 0.0672. The van der Waals surface area contributed by atoms with E-state index in [1.165, 1.54) is 0 Å². The second-order valence-corrected chi connectivity index (χ2v) is 5.07. The molecule has 0 amide bonds. The van der Waals surface area contributed by atoms with Crippen molar-refractivity contribution in [1.29, 1.82) is 0 Å². The van der Waals surface area contributed by atoms with Crippen molar-refractivity contribution in [2.75, 3.05) is 0 Å². The lowest BCUT2D eigenvalue weighted by Gasteiger charge is -2.17. The molecule has 1 heteroatoms. The van der Waals surface area contributed by atoms with E-state index in [2.05, 4.69) is 27.7 Å². The summed E-state index contributed by atoms with van der Waals surface area (Å²) >= 11 is 0. The molecule has 0 heterocycles. The highest BCUT2D eigenvalue weighted by Gasteiger charge is 2.63. The van der Waals surface area contributed by atoms with Crippen LogP contribution in [0.4, 0.5) is 0 Å². The molecule has 0 aromatic carbocycles. The van der Waals surface area contributed by atoms with Crippen molar-refractivity contribution in [3.05, 3.63) is 0 Å². The van der Waals surface area contributed by atoms with Crippen molar-refractivity contribution in [2.24, 2.45) is 10.8 Å². The van der Waals surface area contributed by atoms with E-state index >= 15 is 0 Å². The Kier molecular flexibility index (Phi) is 2.84. The minimum Gasteiger partial charge on any atom is -0.299 e. The molecular formula is C12H22O. The third kappa shape index (κ3) is 1.66. The molecular weight excluding hydrogens is 160 g/mol. The Hall–Kier alpha value is -0.330. The van der Waals surface area contributed by atoms with E-state index in [-0.39, 0.29) is 10.8 Å². The van der Waals surface area contributed by atoms with Gasteiger partial charge in [0.1, 0.15) is 5.78 Å². The molecule has 76 valence electrons. The Morgan fingerprint density at radius 3 is 2.08 bits per heavy atom. The maximum absolute atomic E-state index is 11.9. The molecule has 1 fully saturated rings. The molecule has 1 aliphatic rings. The standard InChI is InChI=1S/C12H22O/c1-5-7-10(13)12(8-6-2)9-11(12,3)4/h5-9H2,1-4H3. The van der Waals surface area contributed by atoms with E-state index in [1.54, 1.807) is 0 Å². The van der Waals surface area contributed by atoms with Crippen LogP contribution in [0.1, 0.15) is 59.8 Å². The van der Waals surface area contributed by atoms with Crippen LogP contribution in [0.3, 0.4) is 0 Å². The Morgan fingerprint density at radius 2 is 1.77 bits per heavy atom. The number of rotatable bonds is 5. The molecule has 0 radical (unpaired) electrons. The molecule has 0 spiro atoms. The number of hydrogen-bond donors (Lipinski definition) is 0. The summed E-state index contributed by atoms with van der Waals surface area (Å²) in [7, 11) is 0. The van der Waals surface area contributed by atoms with Crippen LogP contribution in [-0.2, 0) is 4.79 Å². The minimum atomic E-state index is 0.0672.